The molecule has 0 radical (unpaired) electrons. The summed E-state index contributed by atoms with van der Waals surface area (Å²) >= 11 is 0. The highest BCUT2D eigenvalue weighted by Gasteiger charge is 2.02. The van der Waals surface area contributed by atoms with Crippen LogP contribution in [0.5, 0.6) is 0 Å². The van der Waals surface area contributed by atoms with Gasteiger partial charge in [-0.3, -0.25) is 15.5 Å². The number of hydrogen-bond donors (Lipinski definition) is 1. The minimum absolute atomic E-state index is 0.0626. The molecule has 0 saturated heterocycles. The zero-order chi connectivity index (χ0) is 12.8. The fourth-order valence-corrected chi connectivity index (χ4v) is 1.38. The number of nitro benzene ring substituents is 1. The lowest BCUT2D eigenvalue weighted by molar-refractivity contribution is -0.384. The van der Waals surface area contributed by atoms with Crippen LogP contribution in [0.2, 0.25) is 0 Å². The second-order valence-corrected chi connectivity index (χ2v) is 3.58. The predicted molar refractivity (Wildman–Crippen MR) is 70.8 cm³/mol. The van der Waals surface area contributed by atoms with Crippen molar-refractivity contribution in [3.63, 3.8) is 0 Å². The molecule has 0 amide bonds. The topological polar surface area (TPSA) is 67.5 Å². The van der Waals surface area contributed by atoms with Crippen LogP contribution >= 0.6 is 0 Å². The van der Waals surface area contributed by atoms with Crippen molar-refractivity contribution in [2.75, 3.05) is 5.43 Å². The summed E-state index contributed by atoms with van der Waals surface area (Å²) in [5.74, 6) is 0. The first-order chi connectivity index (χ1) is 8.75. The zero-order valence-electron chi connectivity index (χ0n) is 9.48. The molecule has 0 aliphatic heterocycles. The molecule has 0 fully saturated rings. The normalized spacial score (nSPS) is 10.4. The van der Waals surface area contributed by atoms with Gasteiger partial charge in [-0.25, -0.2) is 0 Å². The molecule has 5 nitrogen and oxygen atoms in total. The minimum Gasteiger partial charge on any atom is -0.278 e. The Morgan fingerprint density at radius 1 is 1.06 bits per heavy atom. The molecule has 0 aliphatic carbocycles. The lowest BCUT2D eigenvalue weighted by atomic mass is 10.2. The first kappa shape index (κ1) is 11.8. The summed E-state index contributed by atoms with van der Waals surface area (Å²) in [7, 11) is 0. The second-order valence-electron chi connectivity index (χ2n) is 3.58. The molecular weight excluding hydrogens is 230 g/mol. The molecule has 0 aliphatic rings. The number of hydrazone groups is 1. The predicted octanol–water partition coefficient (Wildman–Crippen LogP) is 3.04. The van der Waals surface area contributed by atoms with Gasteiger partial charge in [-0.05, 0) is 17.7 Å². The number of nitrogens with one attached hydrogen (secondary N) is 1. The van der Waals surface area contributed by atoms with Crippen LogP contribution in [0.4, 0.5) is 11.4 Å². The fraction of sp³-hybridized carbons (Fsp3) is 0. The van der Waals surface area contributed by atoms with Gasteiger partial charge in [0.15, 0.2) is 0 Å². The maximum absolute atomic E-state index is 10.5. The second kappa shape index (κ2) is 5.58. The van der Waals surface area contributed by atoms with Gasteiger partial charge in [-0.1, -0.05) is 30.3 Å². The number of nitrogens with zero attached hydrogens (tertiary/aromatic N) is 2. The number of nitro groups is 1. The van der Waals surface area contributed by atoms with Gasteiger partial charge in [-0.2, -0.15) is 5.10 Å². The van der Waals surface area contributed by atoms with Crippen molar-refractivity contribution in [2.24, 2.45) is 5.10 Å². The number of anilines is 1. The molecule has 5 heteroatoms. The van der Waals surface area contributed by atoms with Crippen LogP contribution < -0.4 is 5.43 Å². The monoisotopic (exact) mass is 241 g/mol. The number of benzene rings is 2. The molecule has 18 heavy (non-hydrogen) atoms. The van der Waals surface area contributed by atoms with Gasteiger partial charge in [0.2, 0.25) is 0 Å². The number of rotatable bonds is 4. The Morgan fingerprint density at radius 3 is 2.33 bits per heavy atom. The molecule has 2 aromatic rings. The first-order valence-electron chi connectivity index (χ1n) is 5.34. The molecular formula is C13H11N3O2. The molecule has 0 saturated carbocycles. The van der Waals surface area contributed by atoms with Crippen molar-refractivity contribution >= 4 is 17.6 Å². The van der Waals surface area contributed by atoms with Crippen molar-refractivity contribution in [1.82, 2.24) is 0 Å². The fourth-order valence-electron chi connectivity index (χ4n) is 1.38. The van der Waals surface area contributed by atoms with Gasteiger partial charge >= 0.3 is 0 Å². The van der Waals surface area contributed by atoms with Crippen molar-refractivity contribution in [3.05, 3.63) is 70.3 Å². The molecule has 0 aromatic heterocycles. The van der Waals surface area contributed by atoms with Gasteiger partial charge < -0.3 is 0 Å². The van der Waals surface area contributed by atoms with E-state index in [9.17, 15) is 10.1 Å². The Hall–Kier alpha value is -2.69. The summed E-state index contributed by atoms with van der Waals surface area (Å²) in [6, 6.07) is 15.7. The Kier molecular flexibility index (Phi) is 3.66. The largest absolute Gasteiger partial charge is 0.278 e. The van der Waals surface area contributed by atoms with Gasteiger partial charge in [0, 0.05) is 12.1 Å². The van der Waals surface area contributed by atoms with Crippen molar-refractivity contribution in [2.45, 2.75) is 0 Å². The van der Waals surface area contributed by atoms with E-state index in [4.69, 9.17) is 0 Å². The summed E-state index contributed by atoms with van der Waals surface area (Å²) in [4.78, 5) is 10.0. The molecule has 0 atom stereocenters. The number of non-ortho nitro benzene ring substituents is 1. The van der Waals surface area contributed by atoms with E-state index in [2.05, 4.69) is 10.5 Å². The molecule has 0 unspecified atom stereocenters. The Labute approximate surface area is 104 Å². The molecule has 2 rings (SSSR count). The van der Waals surface area contributed by atoms with Crippen LogP contribution in [0.3, 0.4) is 0 Å². The maximum Gasteiger partial charge on any atom is 0.269 e. The van der Waals surface area contributed by atoms with Crippen LogP contribution in [0.1, 0.15) is 5.56 Å². The third-order valence-electron chi connectivity index (χ3n) is 2.28. The van der Waals surface area contributed by atoms with E-state index in [-0.39, 0.29) is 5.69 Å². The Bertz CT molecular complexity index is 550. The SMILES string of the molecule is O=[N+]([O-])c1ccc(N/N=C\c2ccccc2)cc1. The summed E-state index contributed by atoms with van der Waals surface area (Å²) in [5.41, 5.74) is 4.55. The van der Waals surface area contributed by atoms with E-state index in [1.54, 1.807) is 18.3 Å². The van der Waals surface area contributed by atoms with Gasteiger partial charge in [0.1, 0.15) is 0 Å². The summed E-state index contributed by atoms with van der Waals surface area (Å²) in [5, 5.41) is 14.5. The Morgan fingerprint density at radius 2 is 1.72 bits per heavy atom. The van der Waals surface area contributed by atoms with Crippen LogP contribution in [-0.4, -0.2) is 11.1 Å². The van der Waals surface area contributed by atoms with Gasteiger partial charge in [-0.15, -0.1) is 0 Å². The van der Waals surface area contributed by atoms with Crippen LogP contribution in [-0.2, 0) is 0 Å². The van der Waals surface area contributed by atoms with Crippen LogP contribution in [0.25, 0.3) is 0 Å². The highest BCUT2D eigenvalue weighted by atomic mass is 16.6. The highest BCUT2D eigenvalue weighted by Crippen LogP contribution is 2.15. The molecule has 90 valence electrons. The van der Waals surface area contributed by atoms with E-state index in [0.717, 1.165) is 5.56 Å². The summed E-state index contributed by atoms with van der Waals surface area (Å²) in [6.07, 6.45) is 1.68. The zero-order valence-corrected chi connectivity index (χ0v) is 9.48. The quantitative estimate of drug-likeness (QED) is 0.508. The van der Waals surface area contributed by atoms with E-state index < -0.39 is 4.92 Å². The third kappa shape index (κ3) is 3.15. The summed E-state index contributed by atoms with van der Waals surface area (Å²) < 4.78 is 0. The minimum atomic E-state index is -0.434. The van der Waals surface area contributed by atoms with Gasteiger partial charge in [0.25, 0.3) is 5.69 Å². The van der Waals surface area contributed by atoms with E-state index >= 15 is 0 Å². The average Bonchev–Trinajstić information content (AvgIpc) is 2.40. The summed E-state index contributed by atoms with van der Waals surface area (Å²) in [6.45, 7) is 0. The molecule has 0 spiro atoms. The van der Waals surface area contributed by atoms with Crippen LogP contribution in [0.15, 0.2) is 59.7 Å². The number of hydrogen-bond acceptors (Lipinski definition) is 4. The lowest BCUT2D eigenvalue weighted by Gasteiger charge is -1.99. The van der Waals surface area contributed by atoms with Crippen molar-refractivity contribution in [3.8, 4) is 0 Å². The standard InChI is InChI=1S/C13H11N3O2/c17-16(18)13-8-6-12(7-9-13)15-14-10-11-4-2-1-3-5-11/h1-10,15H/b14-10-. The molecule has 0 heterocycles. The van der Waals surface area contributed by atoms with Crippen molar-refractivity contribution < 1.29 is 4.92 Å². The maximum atomic E-state index is 10.5. The van der Waals surface area contributed by atoms with Crippen LogP contribution in [0, 0.1) is 10.1 Å². The van der Waals surface area contributed by atoms with Crippen molar-refractivity contribution in [1.29, 1.82) is 0 Å². The molecule has 1 N–H and O–H groups in total. The average molecular weight is 241 g/mol. The lowest BCUT2D eigenvalue weighted by Crippen LogP contribution is -1.91. The smallest absolute Gasteiger partial charge is 0.269 e. The molecule has 0 bridgehead atoms. The van der Waals surface area contributed by atoms with E-state index in [1.807, 2.05) is 30.3 Å². The Balaban J connectivity index is 1.98. The van der Waals surface area contributed by atoms with E-state index in [1.165, 1.54) is 12.1 Å². The van der Waals surface area contributed by atoms with Gasteiger partial charge in [0.05, 0.1) is 16.8 Å². The van der Waals surface area contributed by atoms with E-state index in [0.29, 0.717) is 5.69 Å². The first-order valence-corrected chi connectivity index (χ1v) is 5.34. The third-order valence-corrected chi connectivity index (χ3v) is 2.28. The molecule has 2 aromatic carbocycles. The highest BCUT2D eigenvalue weighted by molar-refractivity contribution is 5.80.